The molecule has 1 aromatic rings. The van der Waals surface area contributed by atoms with E-state index in [1.54, 1.807) is 6.20 Å². The zero-order valence-corrected chi connectivity index (χ0v) is 10.2. The highest BCUT2D eigenvalue weighted by Gasteiger charge is 2.23. The van der Waals surface area contributed by atoms with Crippen LogP contribution < -0.4 is 5.73 Å². The van der Waals surface area contributed by atoms with Crippen LogP contribution in [0.1, 0.15) is 12.5 Å². The van der Waals surface area contributed by atoms with Crippen LogP contribution in [-0.2, 0) is 0 Å². The lowest BCUT2D eigenvalue weighted by molar-refractivity contribution is 0.642. The normalized spacial score (nSPS) is 21.9. The Bertz CT molecular complexity index is 579. The van der Waals surface area contributed by atoms with Gasteiger partial charge in [-0.25, -0.2) is 4.99 Å². The first kappa shape index (κ1) is 10.8. The second kappa shape index (κ2) is 4.18. The molecule has 0 radical (unpaired) electrons. The molecule has 3 nitrogen and oxygen atoms in total. The zero-order chi connectivity index (χ0) is 12.5. The fourth-order valence-corrected chi connectivity index (χ4v) is 2.30. The first-order valence-corrected chi connectivity index (χ1v) is 6.04. The third kappa shape index (κ3) is 1.74. The van der Waals surface area contributed by atoms with Crippen LogP contribution in [0.15, 0.2) is 65.6 Å². The van der Waals surface area contributed by atoms with Crippen molar-refractivity contribution in [2.45, 2.75) is 6.92 Å². The Balaban J connectivity index is 2.07. The molecule has 0 aliphatic carbocycles. The Labute approximate surface area is 107 Å². The molecule has 2 N–H and O–H groups in total. The van der Waals surface area contributed by atoms with Gasteiger partial charge in [-0.15, -0.1) is 0 Å². The summed E-state index contributed by atoms with van der Waals surface area (Å²) < 4.78 is 0. The average molecular weight is 237 g/mol. The van der Waals surface area contributed by atoms with E-state index in [-0.39, 0.29) is 0 Å². The SMILES string of the molecule is CC1C=C2C(N)=NC=CN2C(c2ccccc2)=C1. The maximum Gasteiger partial charge on any atom is 0.147 e. The van der Waals surface area contributed by atoms with Gasteiger partial charge in [0.25, 0.3) is 0 Å². The molecule has 2 aliphatic heterocycles. The Kier molecular flexibility index (Phi) is 2.52. The molecule has 1 aromatic carbocycles. The highest BCUT2D eigenvalue weighted by molar-refractivity contribution is 6.00. The van der Waals surface area contributed by atoms with Crippen LogP contribution in [0, 0.1) is 5.92 Å². The molecule has 0 spiro atoms. The smallest absolute Gasteiger partial charge is 0.147 e. The minimum atomic E-state index is 0.353. The molecule has 90 valence electrons. The Hall–Kier alpha value is -2.29. The summed E-state index contributed by atoms with van der Waals surface area (Å²) in [6.45, 7) is 2.15. The van der Waals surface area contributed by atoms with E-state index in [4.69, 9.17) is 5.73 Å². The van der Waals surface area contributed by atoms with E-state index in [1.807, 2.05) is 24.4 Å². The first-order valence-electron chi connectivity index (χ1n) is 6.04. The highest BCUT2D eigenvalue weighted by atomic mass is 15.2. The number of hydrogen-bond acceptors (Lipinski definition) is 3. The number of rotatable bonds is 1. The summed E-state index contributed by atoms with van der Waals surface area (Å²) in [6.07, 6.45) is 8.06. The average Bonchev–Trinajstić information content (AvgIpc) is 2.40. The molecule has 0 aromatic heterocycles. The van der Waals surface area contributed by atoms with Gasteiger partial charge < -0.3 is 10.6 Å². The van der Waals surface area contributed by atoms with E-state index in [0.29, 0.717) is 11.8 Å². The standard InChI is InChI=1S/C15H15N3/c1-11-9-13(12-5-3-2-4-6-12)18-8-7-17-15(16)14(18)10-11/h2-11H,1H3,(H2,16,17). The first-order chi connectivity index (χ1) is 8.75. The minimum absolute atomic E-state index is 0.353. The number of fused-ring (bicyclic) bond motifs is 1. The molecule has 3 rings (SSSR count). The van der Waals surface area contributed by atoms with E-state index >= 15 is 0 Å². The van der Waals surface area contributed by atoms with Gasteiger partial charge in [0.05, 0.1) is 5.70 Å². The van der Waals surface area contributed by atoms with Gasteiger partial charge >= 0.3 is 0 Å². The van der Waals surface area contributed by atoms with Gasteiger partial charge in [-0.2, -0.15) is 0 Å². The van der Waals surface area contributed by atoms with Crippen molar-refractivity contribution in [2.75, 3.05) is 0 Å². The zero-order valence-electron chi connectivity index (χ0n) is 10.2. The molecule has 1 unspecified atom stereocenters. The predicted molar refractivity (Wildman–Crippen MR) is 74.3 cm³/mol. The van der Waals surface area contributed by atoms with Crippen LogP contribution in [0.25, 0.3) is 5.70 Å². The quantitative estimate of drug-likeness (QED) is 0.816. The summed E-state index contributed by atoms with van der Waals surface area (Å²) in [4.78, 5) is 6.25. The number of nitrogens with two attached hydrogens (primary N) is 1. The number of benzene rings is 1. The third-order valence-electron chi connectivity index (χ3n) is 3.12. The third-order valence-corrected chi connectivity index (χ3v) is 3.12. The molecule has 0 fully saturated rings. The van der Waals surface area contributed by atoms with Crippen molar-refractivity contribution in [3.05, 3.63) is 66.1 Å². The van der Waals surface area contributed by atoms with Crippen LogP contribution in [-0.4, -0.2) is 10.7 Å². The van der Waals surface area contributed by atoms with Crippen LogP contribution in [0.3, 0.4) is 0 Å². The van der Waals surface area contributed by atoms with Crippen molar-refractivity contribution in [1.82, 2.24) is 4.90 Å². The van der Waals surface area contributed by atoms with Crippen LogP contribution in [0.4, 0.5) is 0 Å². The van der Waals surface area contributed by atoms with Gasteiger partial charge in [0.15, 0.2) is 0 Å². The lowest BCUT2D eigenvalue weighted by Gasteiger charge is -2.32. The molecular formula is C15H15N3. The Morgan fingerprint density at radius 1 is 1.11 bits per heavy atom. The van der Waals surface area contributed by atoms with E-state index in [9.17, 15) is 0 Å². The Morgan fingerprint density at radius 3 is 2.61 bits per heavy atom. The molecular weight excluding hydrogens is 222 g/mol. The molecule has 1 atom stereocenters. The lowest BCUT2D eigenvalue weighted by Crippen LogP contribution is -2.31. The summed E-state index contributed by atoms with van der Waals surface area (Å²) in [5, 5.41) is 0. The fraction of sp³-hybridized carbons (Fsp3) is 0.133. The number of aliphatic imine (C=N–C) groups is 1. The number of hydrogen-bond donors (Lipinski definition) is 1. The van der Waals surface area contributed by atoms with E-state index in [2.05, 4.69) is 41.1 Å². The van der Waals surface area contributed by atoms with Crippen LogP contribution in [0.2, 0.25) is 0 Å². The van der Waals surface area contributed by atoms with Gasteiger partial charge in [0.1, 0.15) is 5.84 Å². The second-order valence-corrected chi connectivity index (χ2v) is 4.51. The lowest BCUT2D eigenvalue weighted by atomic mass is 9.98. The summed E-state index contributed by atoms with van der Waals surface area (Å²) in [6, 6.07) is 10.3. The van der Waals surface area contributed by atoms with Crippen LogP contribution >= 0.6 is 0 Å². The molecule has 0 bridgehead atoms. The summed E-state index contributed by atoms with van der Waals surface area (Å²) in [5.41, 5.74) is 9.28. The molecule has 0 saturated heterocycles. The van der Waals surface area contributed by atoms with Crippen molar-refractivity contribution in [3.63, 3.8) is 0 Å². The molecule has 0 amide bonds. The van der Waals surface area contributed by atoms with E-state index in [1.165, 1.54) is 5.56 Å². The van der Waals surface area contributed by atoms with E-state index < -0.39 is 0 Å². The van der Waals surface area contributed by atoms with Gasteiger partial charge in [0, 0.05) is 18.1 Å². The topological polar surface area (TPSA) is 41.6 Å². The van der Waals surface area contributed by atoms with Crippen LogP contribution in [0.5, 0.6) is 0 Å². The van der Waals surface area contributed by atoms with Gasteiger partial charge in [-0.05, 0) is 17.6 Å². The second-order valence-electron chi connectivity index (χ2n) is 4.51. The molecule has 3 heteroatoms. The predicted octanol–water partition coefficient (Wildman–Crippen LogP) is 2.71. The molecule has 0 saturated carbocycles. The highest BCUT2D eigenvalue weighted by Crippen LogP contribution is 2.32. The number of allylic oxidation sites excluding steroid dienone is 2. The summed E-state index contributed by atoms with van der Waals surface area (Å²) in [5.74, 6) is 0.928. The van der Waals surface area contributed by atoms with Gasteiger partial charge in [-0.1, -0.05) is 43.3 Å². The number of nitrogens with zero attached hydrogens (tertiary/aromatic N) is 2. The minimum Gasteiger partial charge on any atom is -0.382 e. The molecule has 2 heterocycles. The maximum absolute atomic E-state index is 5.95. The van der Waals surface area contributed by atoms with Crippen molar-refractivity contribution in [1.29, 1.82) is 0 Å². The van der Waals surface area contributed by atoms with Gasteiger partial charge in [0.2, 0.25) is 0 Å². The molecule has 2 aliphatic rings. The van der Waals surface area contributed by atoms with Crippen molar-refractivity contribution < 1.29 is 0 Å². The van der Waals surface area contributed by atoms with Gasteiger partial charge in [-0.3, -0.25) is 0 Å². The van der Waals surface area contributed by atoms with E-state index in [0.717, 1.165) is 11.4 Å². The van der Waals surface area contributed by atoms with Crippen molar-refractivity contribution >= 4 is 11.5 Å². The largest absolute Gasteiger partial charge is 0.382 e. The van der Waals surface area contributed by atoms with Crippen molar-refractivity contribution in [3.8, 4) is 0 Å². The maximum atomic E-state index is 5.95. The number of amidine groups is 1. The Morgan fingerprint density at radius 2 is 1.83 bits per heavy atom. The summed E-state index contributed by atoms with van der Waals surface area (Å²) >= 11 is 0. The monoisotopic (exact) mass is 237 g/mol. The fourth-order valence-electron chi connectivity index (χ4n) is 2.30. The van der Waals surface area contributed by atoms with Crippen molar-refractivity contribution in [2.24, 2.45) is 16.6 Å². The molecule has 18 heavy (non-hydrogen) atoms. The summed E-state index contributed by atoms with van der Waals surface area (Å²) in [7, 11) is 0.